The second-order valence-corrected chi connectivity index (χ2v) is 10.3. The monoisotopic (exact) mass is 368 g/mol. The van der Waals surface area contributed by atoms with E-state index in [1.165, 1.54) is 40.3 Å². The molecule has 0 radical (unpaired) electrons. The van der Waals surface area contributed by atoms with Gasteiger partial charge in [-0.15, -0.1) is 0 Å². The predicted molar refractivity (Wildman–Crippen MR) is 112 cm³/mol. The van der Waals surface area contributed by atoms with Gasteiger partial charge in [-0.25, -0.2) is 0 Å². The first-order valence-corrected chi connectivity index (χ1v) is 12.3. The maximum absolute atomic E-state index is 6.64. The van der Waals surface area contributed by atoms with E-state index in [9.17, 15) is 0 Å². The third kappa shape index (κ3) is 3.80. The second kappa shape index (κ2) is 8.98. The summed E-state index contributed by atoms with van der Waals surface area (Å²) in [5.74, 6) is 0. The second-order valence-electron chi connectivity index (χ2n) is 7.16. The highest BCUT2D eigenvalue weighted by Gasteiger charge is 2.42. The summed E-state index contributed by atoms with van der Waals surface area (Å²) < 4.78 is 13.1. The molecule has 0 saturated carbocycles. The molecular weight excluding hydrogens is 336 g/mol. The predicted octanol–water partition coefficient (Wildman–Crippen LogP) is 5.56. The quantitative estimate of drug-likeness (QED) is 0.344. The fraction of sp³-hybridized carbons (Fsp3) is 0.478. The average Bonchev–Trinajstić information content (AvgIpc) is 3.04. The van der Waals surface area contributed by atoms with E-state index < -0.39 is 8.56 Å². The fourth-order valence-electron chi connectivity index (χ4n) is 4.14. The van der Waals surface area contributed by atoms with Gasteiger partial charge in [0, 0.05) is 13.2 Å². The Morgan fingerprint density at radius 2 is 1.65 bits per heavy atom. The van der Waals surface area contributed by atoms with E-state index in [4.69, 9.17) is 8.85 Å². The maximum Gasteiger partial charge on any atom is 0.372 e. The van der Waals surface area contributed by atoms with Gasteiger partial charge in [0.05, 0.1) is 0 Å². The smallest absolute Gasteiger partial charge is 0.372 e. The van der Waals surface area contributed by atoms with E-state index >= 15 is 0 Å². The number of fused-ring (bicyclic) bond motifs is 3. The molecule has 0 fully saturated rings. The summed E-state index contributed by atoms with van der Waals surface area (Å²) in [6, 6.07) is 16.6. The topological polar surface area (TPSA) is 18.5 Å². The highest BCUT2D eigenvalue weighted by Crippen LogP contribution is 2.37. The summed E-state index contributed by atoms with van der Waals surface area (Å²) in [6.07, 6.45) is 5.66. The third-order valence-corrected chi connectivity index (χ3v) is 9.17. The molecule has 26 heavy (non-hydrogen) atoms. The normalized spacial score (nSPS) is 14.7. The van der Waals surface area contributed by atoms with Crippen molar-refractivity contribution in [3.8, 4) is 11.1 Å². The first kappa shape index (κ1) is 19.3. The van der Waals surface area contributed by atoms with Crippen LogP contribution in [-0.4, -0.2) is 21.8 Å². The zero-order valence-corrected chi connectivity index (χ0v) is 17.5. The molecule has 0 aliphatic heterocycles. The van der Waals surface area contributed by atoms with Gasteiger partial charge in [-0.2, -0.15) is 0 Å². The van der Waals surface area contributed by atoms with Crippen molar-refractivity contribution in [3.05, 3.63) is 53.6 Å². The Kier molecular flexibility index (Phi) is 6.68. The van der Waals surface area contributed by atoms with Crippen molar-refractivity contribution in [1.29, 1.82) is 0 Å². The van der Waals surface area contributed by atoms with Crippen molar-refractivity contribution in [3.63, 3.8) is 0 Å². The van der Waals surface area contributed by atoms with Crippen molar-refractivity contribution in [1.82, 2.24) is 0 Å². The van der Waals surface area contributed by atoms with Crippen LogP contribution < -0.4 is 5.19 Å². The Bertz CT molecular complexity index is 720. The largest absolute Gasteiger partial charge is 0.391 e. The first-order chi connectivity index (χ1) is 12.8. The summed E-state index contributed by atoms with van der Waals surface area (Å²) >= 11 is 0. The van der Waals surface area contributed by atoms with Crippen LogP contribution in [0.2, 0.25) is 6.04 Å². The van der Waals surface area contributed by atoms with Crippen LogP contribution in [0.3, 0.4) is 0 Å². The van der Waals surface area contributed by atoms with E-state index in [1.807, 2.05) is 0 Å². The minimum absolute atomic E-state index is 0.719. The number of rotatable bonds is 10. The lowest BCUT2D eigenvalue weighted by molar-refractivity contribution is 0.183. The van der Waals surface area contributed by atoms with Gasteiger partial charge in [0.25, 0.3) is 0 Å². The van der Waals surface area contributed by atoms with Gasteiger partial charge >= 0.3 is 8.56 Å². The molecular formula is C23H32O2Si. The van der Waals surface area contributed by atoms with E-state index in [-0.39, 0.29) is 0 Å². The summed E-state index contributed by atoms with van der Waals surface area (Å²) in [5, 5.41) is 1.37. The molecule has 0 N–H and O–H groups in total. The molecule has 1 aliphatic carbocycles. The molecule has 2 aromatic carbocycles. The molecule has 0 spiro atoms. The van der Waals surface area contributed by atoms with Gasteiger partial charge in [0.15, 0.2) is 0 Å². The van der Waals surface area contributed by atoms with Crippen molar-refractivity contribution in [2.24, 2.45) is 0 Å². The van der Waals surface area contributed by atoms with Gasteiger partial charge < -0.3 is 8.85 Å². The summed E-state index contributed by atoms with van der Waals surface area (Å²) in [6.45, 7) is 8.12. The molecule has 0 bridgehead atoms. The Hall–Kier alpha value is -1.42. The highest BCUT2D eigenvalue weighted by molar-refractivity contribution is 6.81. The van der Waals surface area contributed by atoms with Crippen LogP contribution in [0.1, 0.15) is 57.6 Å². The fourth-order valence-corrected chi connectivity index (χ4v) is 7.73. The van der Waals surface area contributed by atoms with Crippen molar-refractivity contribution >= 4 is 13.7 Å². The number of benzene rings is 2. The molecule has 0 heterocycles. The SMILES string of the molecule is CCCCCO[Si](CCC)(OCC)c1cccc2c1Cc1ccccc1-2. The van der Waals surface area contributed by atoms with E-state index in [0.29, 0.717) is 0 Å². The number of hydrogen-bond donors (Lipinski definition) is 0. The van der Waals surface area contributed by atoms with Crippen molar-refractivity contribution < 1.29 is 8.85 Å². The van der Waals surface area contributed by atoms with Crippen LogP contribution >= 0.6 is 0 Å². The molecule has 1 aliphatic rings. The lowest BCUT2D eigenvalue weighted by atomic mass is 10.1. The highest BCUT2D eigenvalue weighted by atomic mass is 28.4. The average molecular weight is 369 g/mol. The van der Waals surface area contributed by atoms with E-state index in [0.717, 1.165) is 38.5 Å². The molecule has 3 heteroatoms. The van der Waals surface area contributed by atoms with Crippen molar-refractivity contribution in [2.45, 2.75) is 58.9 Å². The molecule has 2 nitrogen and oxygen atoms in total. The Morgan fingerprint density at radius 3 is 2.42 bits per heavy atom. The molecule has 3 rings (SSSR count). The first-order valence-electron chi connectivity index (χ1n) is 10.2. The number of hydrogen-bond acceptors (Lipinski definition) is 2. The minimum Gasteiger partial charge on any atom is -0.391 e. The van der Waals surface area contributed by atoms with Crippen LogP contribution in [0.4, 0.5) is 0 Å². The molecule has 1 atom stereocenters. The lowest BCUT2D eigenvalue weighted by Crippen LogP contribution is -2.55. The van der Waals surface area contributed by atoms with Crippen molar-refractivity contribution in [2.75, 3.05) is 13.2 Å². The molecule has 0 aromatic heterocycles. The Balaban J connectivity index is 1.99. The number of unbranched alkanes of at least 4 members (excludes halogenated alkanes) is 2. The van der Waals surface area contributed by atoms with Gasteiger partial charge in [0.1, 0.15) is 0 Å². The molecule has 2 aromatic rings. The lowest BCUT2D eigenvalue weighted by Gasteiger charge is -2.32. The van der Waals surface area contributed by atoms with Crippen LogP contribution in [0.5, 0.6) is 0 Å². The van der Waals surface area contributed by atoms with Crippen LogP contribution in [-0.2, 0) is 15.3 Å². The Labute approximate surface area is 159 Å². The third-order valence-electron chi connectivity index (χ3n) is 5.30. The summed E-state index contributed by atoms with van der Waals surface area (Å²) in [5.41, 5.74) is 5.63. The van der Waals surface area contributed by atoms with E-state index in [1.54, 1.807) is 0 Å². The zero-order chi connectivity index (χ0) is 18.4. The van der Waals surface area contributed by atoms with Crippen LogP contribution in [0.15, 0.2) is 42.5 Å². The van der Waals surface area contributed by atoms with Gasteiger partial charge in [0.2, 0.25) is 0 Å². The van der Waals surface area contributed by atoms with Crippen LogP contribution in [0.25, 0.3) is 11.1 Å². The molecule has 0 amide bonds. The summed E-state index contributed by atoms with van der Waals surface area (Å²) in [7, 11) is -2.42. The molecule has 0 saturated heterocycles. The Morgan fingerprint density at radius 1 is 0.846 bits per heavy atom. The van der Waals surface area contributed by atoms with Gasteiger partial charge in [-0.1, -0.05) is 75.6 Å². The molecule has 140 valence electrons. The minimum atomic E-state index is -2.42. The summed E-state index contributed by atoms with van der Waals surface area (Å²) in [4.78, 5) is 0. The molecule has 1 unspecified atom stereocenters. The van der Waals surface area contributed by atoms with Crippen LogP contribution in [0, 0.1) is 0 Å². The van der Waals surface area contributed by atoms with E-state index in [2.05, 4.69) is 63.2 Å². The maximum atomic E-state index is 6.64. The zero-order valence-electron chi connectivity index (χ0n) is 16.5. The van der Waals surface area contributed by atoms with Gasteiger partial charge in [-0.3, -0.25) is 0 Å². The standard InChI is InChI=1S/C23H32O2Si/c1-4-7-10-16-25-26(17-5-2,24-6-3)23-15-11-14-21-20-13-9-8-12-19(20)18-22(21)23/h8-9,11-15H,4-7,10,16-18H2,1-3H3. The van der Waals surface area contributed by atoms with Gasteiger partial charge in [-0.05, 0) is 53.3 Å².